The van der Waals surface area contributed by atoms with Crippen molar-refractivity contribution in [2.75, 3.05) is 17.3 Å². The van der Waals surface area contributed by atoms with E-state index in [2.05, 4.69) is 10.2 Å². The molecule has 1 unspecified atom stereocenters. The van der Waals surface area contributed by atoms with E-state index in [1.165, 1.54) is 0 Å². The second-order valence-corrected chi connectivity index (χ2v) is 5.50. The van der Waals surface area contributed by atoms with Gasteiger partial charge in [-0.3, -0.25) is 0 Å². The van der Waals surface area contributed by atoms with Gasteiger partial charge < -0.3 is 4.90 Å². The van der Waals surface area contributed by atoms with Crippen LogP contribution in [0.15, 0.2) is 0 Å². The lowest BCUT2D eigenvalue weighted by Gasteiger charge is -2.27. The van der Waals surface area contributed by atoms with Gasteiger partial charge in [0.15, 0.2) is 0 Å². The highest BCUT2D eigenvalue weighted by atomic mass is 35.5. The standard InChI is InChI=1S/C10H13ClF3N3S/c11-6-7-4-2-1-3-5-17(7)9-16-15-8(18-9)10(12,13)14/h7H,1-6H2. The molecule has 8 heteroatoms. The summed E-state index contributed by atoms with van der Waals surface area (Å²) in [7, 11) is 0. The van der Waals surface area contributed by atoms with Gasteiger partial charge >= 0.3 is 6.18 Å². The van der Waals surface area contributed by atoms with E-state index in [-0.39, 0.29) is 6.04 Å². The molecule has 1 fully saturated rings. The molecular weight excluding hydrogens is 287 g/mol. The number of aromatic nitrogens is 2. The normalized spacial score (nSPS) is 22.0. The van der Waals surface area contributed by atoms with Gasteiger partial charge in [-0.2, -0.15) is 13.2 Å². The molecular formula is C10H13ClF3N3S. The van der Waals surface area contributed by atoms with Crippen LogP contribution in [0.3, 0.4) is 0 Å². The zero-order valence-corrected chi connectivity index (χ0v) is 11.2. The molecule has 0 aliphatic carbocycles. The number of anilines is 1. The highest BCUT2D eigenvalue weighted by molar-refractivity contribution is 7.15. The van der Waals surface area contributed by atoms with Crippen molar-refractivity contribution in [3.05, 3.63) is 5.01 Å². The highest BCUT2D eigenvalue weighted by Crippen LogP contribution is 2.35. The third-order valence-corrected chi connectivity index (χ3v) is 4.32. The Labute approximate surface area is 112 Å². The van der Waals surface area contributed by atoms with Crippen molar-refractivity contribution >= 4 is 28.1 Å². The fourth-order valence-electron chi connectivity index (χ4n) is 2.04. The minimum atomic E-state index is -4.42. The predicted octanol–water partition coefficient (Wildman–Crippen LogP) is 3.54. The van der Waals surface area contributed by atoms with E-state index < -0.39 is 11.2 Å². The number of hydrogen-bond donors (Lipinski definition) is 0. The number of nitrogens with zero attached hydrogens (tertiary/aromatic N) is 3. The first-order chi connectivity index (χ1) is 8.52. The van der Waals surface area contributed by atoms with E-state index in [1.54, 1.807) is 0 Å². The molecule has 1 atom stereocenters. The molecule has 1 aromatic rings. The Kier molecular flexibility index (Phi) is 4.32. The Hall–Kier alpha value is -0.560. The average Bonchev–Trinajstić information content (AvgIpc) is 2.68. The fourth-order valence-corrected chi connectivity index (χ4v) is 3.17. The molecule has 1 aromatic heterocycles. The number of hydrogen-bond acceptors (Lipinski definition) is 4. The summed E-state index contributed by atoms with van der Waals surface area (Å²) in [4.78, 5) is 1.87. The van der Waals surface area contributed by atoms with E-state index in [0.717, 1.165) is 25.7 Å². The van der Waals surface area contributed by atoms with Crippen LogP contribution in [0.25, 0.3) is 0 Å². The number of rotatable bonds is 2. The van der Waals surface area contributed by atoms with Crippen LogP contribution in [0.1, 0.15) is 30.7 Å². The monoisotopic (exact) mass is 299 g/mol. The Morgan fingerprint density at radius 1 is 1.28 bits per heavy atom. The van der Waals surface area contributed by atoms with Gasteiger partial charge in [0.25, 0.3) is 0 Å². The van der Waals surface area contributed by atoms with Crippen LogP contribution in [0.5, 0.6) is 0 Å². The Morgan fingerprint density at radius 2 is 2.06 bits per heavy atom. The van der Waals surface area contributed by atoms with Gasteiger partial charge in [0.2, 0.25) is 10.1 Å². The lowest BCUT2D eigenvalue weighted by molar-refractivity contribution is -0.138. The molecule has 1 aliphatic rings. The second-order valence-electron chi connectivity index (χ2n) is 4.24. The first-order valence-electron chi connectivity index (χ1n) is 5.75. The third kappa shape index (κ3) is 3.06. The molecule has 1 aliphatic heterocycles. The maximum Gasteiger partial charge on any atom is 0.445 e. The van der Waals surface area contributed by atoms with Gasteiger partial charge in [-0.25, -0.2) is 0 Å². The van der Waals surface area contributed by atoms with Gasteiger partial charge in [0.05, 0.1) is 0 Å². The quantitative estimate of drug-likeness (QED) is 0.782. The SMILES string of the molecule is FC(F)(F)c1nnc(N2CCCCCC2CCl)s1. The molecule has 1 saturated heterocycles. The Morgan fingerprint density at radius 3 is 2.67 bits per heavy atom. The molecule has 18 heavy (non-hydrogen) atoms. The minimum Gasteiger partial charge on any atom is -0.342 e. The van der Waals surface area contributed by atoms with Crippen molar-refractivity contribution in [3.8, 4) is 0 Å². The first-order valence-corrected chi connectivity index (χ1v) is 7.11. The van der Waals surface area contributed by atoms with Gasteiger partial charge in [-0.05, 0) is 12.8 Å². The zero-order valence-electron chi connectivity index (χ0n) is 9.58. The summed E-state index contributed by atoms with van der Waals surface area (Å²) in [6.45, 7) is 0.698. The predicted molar refractivity (Wildman–Crippen MR) is 65.2 cm³/mol. The van der Waals surface area contributed by atoms with Crippen LogP contribution in [0.2, 0.25) is 0 Å². The molecule has 0 radical (unpaired) electrons. The first kappa shape index (κ1) is 13.9. The number of halogens is 4. The molecule has 0 saturated carbocycles. The molecule has 0 spiro atoms. The summed E-state index contributed by atoms with van der Waals surface area (Å²) >= 11 is 6.48. The Balaban J connectivity index is 2.20. The Bertz CT molecular complexity index is 396. The summed E-state index contributed by atoms with van der Waals surface area (Å²) < 4.78 is 37.5. The summed E-state index contributed by atoms with van der Waals surface area (Å²) in [6.07, 6.45) is -0.440. The van der Waals surface area contributed by atoms with Gasteiger partial charge in [-0.1, -0.05) is 24.2 Å². The van der Waals surface area contributed by atoms with Crippen LogP contribution >= 0.6 is 22.9 Å². The van der Waals surface area contributed by atoms with E-state index in [0.29, 0.717) is 28.9 Å². The van der Waals surface area contributed by atoms with E-state index in [4.69, 9.17) is 11.6 Å². The molecule has 2 heterocycles. The van der Waals surface area contributed by atoms with Crippen LogP contribution in [-0.4, -0.2) is 28.7 Å². The van der Waals surface area contributed by atoms with E-state index in [9.17, 15) is 13.2 Å². The summed E-state index contributed by atoms with van der Waals surface area (Å²) in [5, 5.41) is 6.32. The lowest BCUT2D eigenvalue weighted by Crippen LogP contribution is -2.36. The van der Waals surface area contributed by atoms with Crippen molar-refractivity contribution < 1.29 is 13.2 Å². The van der Waals surface area contributed by atoms with Crippen molar-refractivity contribution in [1.82, 2.24) is 10.2 Å². The molecule has 3 nitrogen and oxygen atoms in total. The molecule has 0 N–H and O–H groups in total. The average molecular weight is 300 g/mol. The summed E-state index contributed by atoms with van der Waals surface area (Å²) in [6, 6.07) is 0.0585. The van der Waals surface area contributed by atoms with Crippen molar-refractivity contribution in [2.45, 2.75) is 37.9 Å². The lowest BCUT2D eigenvalue weighted by atomic mass is 10.1. The minimum absolute atomic E-state index is 0.0585. The molecule has 0 aromatic carbocycles. The van der Waals surface area contributed by atoms with Crippen molar-refractivity contribution in [2.24, 2.45) is 0 Å². The third-order valence-electron chi connectivity index (χ3n) is 2.96. The van der Waals surface area contributed by atoms with Crippen molar-refractivity contribution in [1.29, 1.82) is 0 Å². The summed E-state index contributed by atoms with van der Waals surface area (Å²) in [5.74, 6) is 0.404. The van der Waals surface area contributed by atoms with Gasteiger partial charge in [-0.15, -0.1) is 21.8 Å². The molecule has 102 valence electrons. The highest BCUT2D eigenvalue weighted by Gasteiger charge is 2.37. The maximum atomic E-state index is 12.5. The van der Waals surface area contributed by atoms with E-state index >= 15 is 0 Å². The number of alkyl halides is 4. The van der Waals surface area contributed by atoms with Crippen LogP contribution in [0.4, 0.5) is 18.3 Å². The van der Waals surface area contributed by atoms with Crippen molar-refractivity contribution in [3.63, 3.8) is 0 Å². The van der Waals surface area contributed by atoms with Gasteiger partial charge in [0.1, 0.15) is 0 Å². The fraction of sp³-hybridized carbons (Fsp3) is 0.800. The largest absolute Gasteiger partial charge is 0.445 e. The second kappa shape index (κ2) is 5.61. The summed E-state index contributed by atoms with van der Waals surface area (Å²) in [5.41, 5.74) is 0. The molecule has 0 bridgehead atoms. The van der Waals surface area contributed by atoms with Crippen LogP contribution in [-0.2, 0) is 6.18 Å². The van der Waals surface area contributed by atoms with Gasteiger partial charge in [0, 0.05) is 18.5 Å². The topological polar surface area (TPSA) is 29.0 Å². The van der Waals surface area contributed by atoms with Crippen LogP contribution < -0.4 is 4.90 Å². The maximum absolute atomic E-state index is 12.5. The van der Waals surface area contributed by atoms with E-state index in [1.807, 2.05) is 4.90 Å². The zero-order chi connectivity index (χ0) is 13.2. The van der Waals surface area contributed by atoms with Crippen LogP contribution in [0, 0.1) is 0 Å². The molecule has 2 rings (SSSR count). The molecule has 0 amide bonds. The smallest absolute Gasteiger partial charge is 0.342 e.